The first kappa shape index (κ1) is 13.8. The summed E-state index contributed by atoms with van der Waals surface area (Å²) in [4.78, 5) is 11.7. The van der Waals surface area contributed by atoms with Crippen molar-refractivity contribution in [2.24, 2.45) is 0 Å². The Morgan fingerprint density at radius 3 is 2.55 bits per heavy atom. The quantitative estimate of drug-likeness (QED) is 0.663. The van der Waals surface area contributed by atoms with Gasteiger partial charge in [0.2, 0.25) is 5.91 Å². The summed E-state index contributed by atoms with van der Waals surface area (Å²) in [6, 6.07) is 11.6. The molecule has 2 rings (SSSR count). The summed E-state index contributed by atoms with van der Waals surface area (Å²) >= 11 is 0. The lowest BCUT2D eigenvalue weighted by Crippen LogP contribution is -2.09. The molecule has 0 saturated heterocycles. The first-order valence-electron chi connectivity index (χ1n) is 6.15. The first-order chi connectivity index (χ1) is 9.54. The van der Waals surface area contributed by atoms with Gasteiger partial charge in [0.15, 0.2) is 0 Å². The molecule has 0 aliphatic carbocycles. The van der Waals surface area contributed by atoms with E-state index >= 15 is 0 Å². The van der Waals surface area contributed by atoms with E-state index in [1.807, 2.05) is 31.2 Å². The Bertz CT molecular complexity index is 648. The van der Waals surface area contributed by atoms with E-state index in [1.54, 1.807) is 6.08 Å². The van der Waals surface area contributed by atoms with Gasteiger partial charge in [0.05, 0.1) is 11.4 Å². The number of carbonyl (C=O) groups is 1. The van der Waals surface area contributed by atoms with Gasteiger partial charge in [-0.25, -0.2) is 4.39 Å². The molecule has 3 nitrogen and oxygen atoms in total. The molecule has 0 aliphatic heterocycles. The van der Waals surface area contributed by atoms with Crippen LogP contribution in [0.4, 0.5) is 15.8 Å². The minimum atomic E-state index is -0.435. The number of halogens is 1. The van der Waals surface area contributed by atoms with Crippen LogP contribution >= 0.6 is 0 Å². The third kappa shape index (κ3) is 3.68. The Morgan fingerprint density at radius 2 is 1.90 bits per heavy atom. The smallest absolute Gasteiger partial charge is 0.248 e. The number of hydrogen-bond acceptors (Lipinski definition) is 2. The van der Waals surface area contributed by atoms with Crippen LogP contribution in [0.25, 0.3) is 6.08 Å². The van der Waals surface area contributed by atoms with Crippen LogP contribution in [-0.4, -0.2) is 5.91 Å². The van der Waals surface area contributed by atoms with Gasteiger partial charge < -0.3 is 11.1 Å². The average molecular weight is 270 g/mol. The largest absolute Gasteiger partial charge is 0.397 e. The van der Waals surface area contributed by atoms with Gasteiger partial charge in [0.25, 0.3) is 0 Å². The molecule has 0 aromatic heterocycles. The molecule has 20 heavy (non-hydrogen) atoms. The Balaban J connectivity index is 2.03. The Kier molecular flexibility index (Phi) is 4.15. The molecule has 0 spiro atoms. The number of hydrogen-bond donors (Lipinski definition) is 2. The van der Waals surface area contributed by atoms with Crippen LogP contribution in [0, 0.1) is 12.7 Å². The standard InChI is InChI=1S/C16H15FN2O/c1-11-2-4-12(5-3-11)6-9-16(20)19-15-8-7-13(17)10-14(15)18/h2-10H,18H2,1H3,(H,19,20)/b9-6+. The van der Waals surface area contributed by atoms with Crippen molar-refractivity contribution in [3.63, 3.8) is 0 Å². The summed E-state index contributed by atoms with van der Waals surface area (Å²) < 4.78 is 12.9. The predicted molar refractivity (Wildman–Crippen MR) is 79.7 cm³/mol. The van der Waals surface area contributed by atoms with E-state index in [0.29, 0.717) is 5.69 Å². The molecule has 0 saturated carbocycles. The van der Waals surface area contributed by atoms with E-state index in [0.717, 1.165) is 11.1 Å². The van der Waals surface area contributed by atoms with Gasteiger partial charge in [0, 0.05) is 6.08 Å². The van der Waals surface area contributed by atoms with E-state index in [-0.39, 0.29) is 11.6 Å². The Labute approximate surface area is 116 Å². The Morgan fingerprint density at radius 1 is 1.20 bits per heavy atom. The van der Waals surface area contributed by atoms with Crippen LogP contribution in [0.1, 0.15) is 11.1 Å². The van der Waals surface area contributed by atoms with E-state index < -0.39 is 5.82 Å². The van der Waals surface area contributed by atoms with Crippen LogP contribution in [0.15, 0.2) is 48.5 Å². The highest BCUT2D eigenvalue weighted by atomic mass is 19.1. The normalized spacial score (nSPS) is 10.7. The molecule has 0 aliphatic rings. The van der Waals surface area contributed by atoms with Gasteiger partial charge >= 0.3 is 0 Å². The number of nitrogen functional groups attached to an aromatic ring is 1. The number of aryl methyl sites for hydroxylation is 1. The van der Waals surface area contributed by atoms with Crippen LogP contribution < -0.4 is 11.1 Å². The van der Waals surface area contributed by atoms with E-state index in [2.05, 4.69) is 5.32 Å². The molecule has 0 fully saturated rings. The summed E-state index contributed by atoms with van der Waals surface area (Å²) in [5.41, 5.74) is 8.29. The summed E-state index contributed by atoms with van der Waals surface area (Å²) in [5.74, 6) is -0.750. The van der Waals surface area contributed by atoms with Crippen LogP contribution in [0.5, 0.6) is 0 Å². The lowest BCUT2D eigenvalue weighted by Gasteiger charge is -2.05. The molecule has 2 aromatic rings. The number of rotatable bonds is 3. The summed E-state index contributed by atoms with van der Waals surface area (Å²) in [6.45, 7) is 2.00. The fourth-order valence-electron chi connectivity index (χ4n) is 1.67. The van der Waals surface area contributed by atoms with Crippen LogP contribution in [-0.2, 0) is 4.79 Å². The Hall–Kier alpha value is -2.62. The lowest BCUT2D eigenvalue weighted by molar-refractivity contribution is -0.111. The minimum absolute atomic E-state index is 0.196. The van der Waals surface area contributed by atoms with Crippen LogP contribution in [0.3, 0.4) is 0 Å². The fourth-order valence-corrected chi connectivity index (χ4v) is 1.67. The number of amides is 1. The molecule has 0 bridgehead atoms. The average Bonchev–Trinajstić information content (AvgIpc) is 2.41. The molecule has 1 amide bonds. The number of carbonyl (C=O) groups excluding carboxylic acids is 1. The van der Waals surface area contributed by atoms with Gasteiger partial charge in [0.1, 0.15) is 5.82 Å². The predicted octanol–water partition coefficient (Wildman–Crippen LogP) is 3.37. The zero-order chi connectivity index (χ0) is 14.5. The molecular weight excluding hydrogens is 255 g/mol. The second-order valence-electron chi connectivity index (χ2n) is 4.46. The van der Waals surface area contributed by atoms with Crippen molar-refractivity contribution in [2.75, 3.05) is 11.1 Å². The van der Waals surface area contributed by atoms with E-state index in [1.165, 1.54) is 24.3 Å². The summed E-state index contributed by atoms with van der Waals surface area (Å²) in [7, 11) is 0. The summed E-state index contributed by atoms with van der Waals surface area (Å²) in [6.07, 6.45) is 3.11. The maximum Gasteiger partial charge on any atom is 0.248 e. The molecule has 0 unspecified atom stereocenters. The SMILES string of the molecule is Cc1ccc(/C=C/C(=O)Nc2ccc(F)cc2N)cc1. The second kappa shape index (κ2) is 6.02. The molecule has 3 N–H and O–H groups in total. The monoisotopic (exact) mass is 270 g/mol. The van der Waals surface area contributed by atoms with E-state index in [9.17, 15) is 9.18 Å². The van der Waals surface area contributed by atoms with Crippen molar-refractivity contribution in [2.45, 2.75) is 6.92 Å². The lowest BCUT2D eigenvalue weighted by atomic mass is 10.1. The van der Waals surface area contributed by atoms with Crippen molar-refractivity contribution < 1.29 is 9.18 Å². The fraction of sp³-hybridized carbons (Fsp3) is 0.0625. The number of nitrogens with one attached hydrogen (secondary N) is 1. The van der Waals surface area contributed by atoms with E-state index in [4.69, 9.17) is 5.73 Å². The molecule has 4 heteroatoms. The number of nitrogens with two attached hydrogens (primary N) is 1. The third-order valence-electron chi connectivity index (χ3n) is 2.78. The molecule has 0 radical (unpaired) electrons. The first-order valence-corrected chi connectivity index (χ1v) is 6.15. The van der Waals surface area contributed by atoms with Gasteiger partial charge in [-0.05, 0) is 36.8 Å². The van der Waals surface area contributed by atoms with Crippen LogP contribution in [0.2, 0.25) is 0 Å². The second-order valence-corrected chi connectivity index (χ2v) is 4.46. The van der Waals surface area contributed by atoms with Crippen molar-refractivity contribution in [1.82, 2.24) is 0 Å². The zero-order valence-electron chi connectivity index (χ0n) is 11.1. The number of anilines is 2. The van der Waals surface area contributed by atoms with Gasteiger partial charge in [-0.2, -0.15) is 0 Å². The van der Waals surface area contributed by atoms with Gasteiger partial charge in [-0.1, -0.05) is 29.8 Å². The minimum Gasteiger partial charge on any atom is -0.397 e. The highest BCUT2D eigenvalue weighted by Gasteiger charge is 2.03. The zero-order valence-corrected chi connectivity index (χ0v) is 11.1. The molecule has 2 aromatic carbocycles. The van der Waals surface area contributed by atoms with Gasteiger partial charge in [-0.15, -0.1) is 0 Å². The third-order valence-corrected chi connectivity index (χ3v) is 2.78. The van der Waals surface area contributed by atoms with Crippen molar-refractivity contribution in [3.8, 4) is 0 Å². The maximum absolute atomic E-state index is 12.9. The topological polar surface area (TPSA) is 55.1 Å². The van der Waals surface area contributed by atoms with Crippen molar-refractivity contribution >= 4 is 23.4 Å². The number of benzene rings is 2. The van der Waals surface area contributed by atoms with Gasteiger partial charge in [-0.3, -0.25) is 4.79 Å². The molecule has 102 valence electrons. The summed E-state index contributed by atoms with van der Waals surface area (Å²) in [5, 5.41) is 2.60. The highest BCUT2D eigenvalue weighted by Crippen LogP contribution is 2.19. The highest BCUT2D eigenvalue weighted by molar-refractivity contribution is 6.03. The van der Waals surface area contributed by atoms with Crippen molar-refractivity contribution in [3.05, 3.63) is 65.5 Å². The molecule has 0 heterocycles. The van der Waals surface area contributed by atoms with Crippen molar-refractivity contribution in [1.29, 1.82) is 0 Å². The molecule has 0 atom stereocenters. The maximum atomic E-state index is 12.9. The molecular formula is C16H15FN2O.